The summed E-state index contributed by atoms with van der Waals surface area (Å²) in [7, 11) is 0. The van der Waals surface area contributed by atoms with Crippen LogP contribution in [0, 0.1) is 0 Å². The molecule has 22 heavy (non-hydrogen) atoms. The van der Waals surface area contributed by atoms with Crippen molar-refractivity contribution in [1.82, 2.24) is 5.32 Å². The summed E-state index contributed by atoms with van der Waals surface area (Å²) in [4.78, 5) is 12.4. The molecule has 7 heteroatoms. The van der Waals surface area contributed by atoms with E-state index in [9.17, 15) is 13.6 Å². The number of carbonyl (C=O) groups is 1. The molecule has 1 aromatic carbocycles. The number of nitrogens with one attached hydrogen (secondary N) is 1. The van der Waals surface area contributed by atoms with E-state index < -0.39 is 13.0 Å². The molecule has 0 heterocycles. The molecule has 1 aliphatic carbocycles. The number of halogens is 2. The lowest BCUT2D eigenvalue weighted by Crippen LogP contribution is -2.36. The summed E-state index contributed by atoms with van der Waals surface area (Å²) in [5.74, 6) is -0.344. The molecule has 0 radical (unpaired) electrons. The summed E-state index contributed by atoms with van der Waals surface area (Å²) in [5.41, 5.74) is 11.9. The van der Waals surface area contributed by atoms with Crippen molar-refractivity contribution < 1.29 is 18.3 Å². The largest absolute Gasteiger partial charge is 0.487 e. The molecule has 1 fully saturated rings. The van der Waals surface area contributed by atoms with Gasteiger partial charge in [-0.1, -0.05) is 19.3 Å². The van der Waals surface area contributed by atoms with E-state index in [2.05, 4.69) is 5.32 Å². The summed E-state index contributed by atoms with van der Waals surface area (Å²) in [6.45, 7) is -0.799. The number of hydrogen-bond donors (Lipinski definition) is 3. The number of benzene rings is 1. The zero-order valence-electron chi connectivity index (χ0n) is 12.3. The van der Waals surface area contributed by atoms with Crippen LogP contribution >= 0.6 is 0 Å². The highest BCUT2D eigenvalue weighted by Gasteiger charge is 2.21. The molecule has 2 rings (SSSR count). The van der Waals surface area contributed by atoms with Crippen molar-refractivity contribution in [2.45, 2.75) is 44.6 Å². The molecule has 1 aromatic rings. The maximum atomic E-state index is 12.4. The Balaban J connectivity index is 2.15. The molecule has 1 aliphatic rings. The molecule has 0 saturated heterocycles. The first-order valence-electron chi connectivity index (χ1n) is 7.38. The lowest BCUT2D eigenvalue weighted by atomic mass is 9.95. The van der Waals surface area contributed by atoms with Gasteiger partial charge < -0.3 is 21.5 Å². The number of carbonyl (C=O) groups excluding carboxylic acids is 1. The van der Waals surface area contributed by atoms with Gasteiger partial charge in [0, 0.05) is 12.1 Å². The van der Waals surface area contributed by atoms with Crippen molar-refractivity contribution in [3.05, 3.63) is 17.7 Å². The van der Waals surface area contributed by atoms with Crippen molar-refractivity contribution in [3.63, 3.8) is 0 Å². The number of rotatable bonds is 5. The first kappa shape index (κ1) is 16.3. The van der Waals surface area contributed by atoms with Gasteiger partial charge in [0.2, 0.25) is 0 Å². The molecule has 5 N–H and O–H groups in total. The van der Waals surface area contributed by atoms with Crippen molar-refractivity contribution >= 4 is 17.3 Å². The Bertz CT molecular complexity index is 532. The highest BCUT2D eigenvalue weighted by Crippen LogP contribution is 2.28. The third-order valence-electron chi connectivity index (χ3n) is 3.74. The Morgan fingerprint density at radius 3 is 2.50 bits per heavy atom. The van der Waals surface area contributed by atoms with E-state index >= 15 is 0 Å². The summed E-state index contributed by atoms with van der Waals surface area (Å²) >= 11 is 0. The Morgan fingerprint density at radius 2 is 1.86 bits per heavy atom. The third-order valence-corrected chi connectivity index (χ3v) is 3.74. The average molecular weight is 313 g/mol. The van der Waals surface area contributed by atoms with E-state index in [-0.39, 0.29) is 34.6 Å². The summed E-state index contributed by atoms with van der Waals surface area (Å²) in [5, 5.41) is 2.91. The zero-order chi connectivity index (χ0) is 16.1. The Kier molecular flexibility index (Phi) is 5.41. The van der Waals surface area contributed by atoms with Crippen LogP contribution in [0.1, 0.15) is 42.5 Å². The molecular formula is C15H21F2N3O2. The van der Waals surface area contributed by atoms with Crippen LogP contribution in [0.15, 0.2) is 12.1 Å². The van der Waals surface area contributed by atoms with E-state index in [1.807, 2.05) is 0 Å². The quantitative estimate of drug-likeness (QED) is 0.729. The molecule has 1 saturated carbocycles. The molecule has 122 valence electrons. The molecule has 0 atom stereocenters. The number of anilines is 2. The topological polar surface area (TPSA) is 90.4 Å². The number of amides is 1. The van der Waals surface area contributed by atoms with Gasteiger partial charge in [0.05, 0.1) is 16.9 Å². The SMILES string of the molecule is Nc1cc(OCC(F)F)c(C(=O)NC2CCCCC2)cc1N. The van der Waals surface area contributed by atoms with Crippen molar-refractivity contribution in [1.29, 1.82) is 0 Å². The van der Waals surface area contributed by atoms with Crippen LogP contribution in [0.3, 0.4) is 0 Å². The molecule has 5 nitrogen and oxygen atoms in total. The normalized spacial score (nSPS) is 15.8. The van der Waals surface area contributed by atoms with Crippen LogP contribution in [0.2, 0.25) is 0 Å². The fraction of sp³-hybridized carbons (Fsp3) is 0.533. The predicted molar refractivity (Wildman–Crippen MR) is 81.1 cm³/mol. The number of nitrogen functional groups attached to an aromatic ring is 2. The first-order chi connectivity index (χ1) is 10.5. The van der Waals surface area contributed by atoms with E-state index in [1.54, 1.807) is 0 Å². The van der Waals surface area contributed by atoms with Gasteiger partial charge in [-0.05, 0) is 18.9 Å². The Labute approximate surface area is 128 Å². The summed E-state index contributed by atoms with van der Waals surface area (Å²) in [6, 6.07) is 2.78. The molecule has 0 aromatic heterocycles. The van der Waals surface area contributed by atoms with E-state index in [1.165, 1.54) is 18.6 Å². The maximum absolute atomic E-state index is 12.4. The fourth-order valence-corrected chi connectivity index (χ4v) is 2.57. The molecule has 0 spiro atoms. The van der Waals surface area contributed by atoms with Gasteiger partial charge in [-0.2, -0.15) is 0 Å². The van der Waals surface area contributed by atoms with Gasteiger partial charge in [-0.3, -0.25) is 4.79 Å². The van der Waals surface area contributed by atoms with Gasteiger partial charge >= 0.3 is 0 Å². The Morgan fingerprint density at radius 1 is 1.23 bits per heavy atom. The monoisotopic (exact) mass is 313 g/mol. The summed E-state index contributed by atoms with van der Waals surface area (Å²) in [6.07, 6.45) is 2.53. The van der Waals surface area contributed by atoms with Crippen LogP contribution in [0.4, 0.5) is 20.2 Å². The molecule has 0 bridgehead atoms. The minimum absolute atomic E-state index is 0.0281. The highest BCUT2D eigenvalue weighted by atomic mass is 19.3. The third kappa shape index (κ3) is 4.22. The molecular weight excluding hydrogens is 292 g/mol. The van der Waals surface area contributed by atoms with Crippen molar-refractivity contribution in [2.24, 2.45) is 0 Å². The van der Waals surface area contributed by atoms with Gasteiger partial charge in [0.1, 0.15) is 12.4 Å². The maximum Gasteiger partial charge on any atom is 0.272 e. The van der Waals surface area contributed by atoms with Gasteiger partial charge in [0.25, 0.3) is 12.3 Å². The lowest BCUT2D eigenvalue weighted by Gasteiger charge is -2.23. The second-order valence-corrected chi connectivity index (χ2v) is 5.49. The van der Waals surface area contributed by atoms with E-state index in [0.29, 0.717) is 0 Å². The number of nitrogens with two attached hydrogens (primary N) is 2. The van der Waals surface area contributed by atoms with Crippen molar-refractivity contribution in [2.75, 3.05) is 18.1 Å². The highest BCUT2D eigenvalue weighted by molar-refractivity contribution is 5.99. The van der Waals surface area contributed by atoms with E-state index in [0.717, 1.165) is 25.7 Å². The van der Waals surface area contributed by atoms with Crippen LogP contribution in [-0.4, -0.2) is 25.0 Å². The second-order valence-electron chi connectivity index (χ2n) is 5.49. The molecule has 1 amide bonds. The minimum Gasteiger partial charge on any atom is -0.487 e. The van der Waals surface area contributed by atoms with Crippen molar-refractivity contribution in [3.8, 4) is 5.75 Å². The molecule has 0 aliphatic heterocycles. The number of alkyl halides is 2. The second kappa shape index (κ2) is 7.29. The molecule has 0 unspecified atom stereocenters. The number of hydrogen-bond acceptors (Lipinski definition) is 4. The Hall–Kier alpha value is -2.05. The first-order valence-corrected chi connectivity index (χ1v) is 7.38. The van der Waals surface area contributed by atoms with Gasteiger partial charge in [-0.15, -0.1) is 0 Å². The number of ether oxygens (including phenoxy) is 1. The zero-order valence-corrected chi connectivity index (χ0v) is 12.3. The smallest absolute Gasteiger partial charge is 0.272 e. The fourth-order valence-electron chi connectivity index (χ4n) is 2.57. The van der Waals surface area contributed by atoms with Gasteiger partial charge in [0.15, 0.2) is 0 Å². The summed E-state index contributed by atoms with van der Waals surface area (Å²) < 4.78 is 29.6. The standard InChI is InChI=1S/C15H21F2N3O2/c16-14(17)8-22-13-7-12(19)11(18)6-10(13)15(21)20-9-4-2-1-3-5-9/h6-7,9,14H,1-5,8,18-19H2,(H,20,21). The van der Waals surface area contributed by atoms with Crippen LogP contribution in [0.25, 0.3) is 0 Å². The lowest BCUT2D eigenvalue weighted by molar-refractivity contribution is 0.0791. The van der Waals surface area contributed by atoms with Crippen LogP contribution in [-0.2, 0) is 0 Å². The van der Waals surface area contributed by atoms with Gasteiger partial charge in [-0.25, -0.2) is 8.78 Å². The minimum atomic E-state index is -2.63. The average Bonchev–Trinajstić information content (AvgIpc) is 2.49. The van der Waals surface area contributed by atoms with Crippen LogP contribution < -0.4 is 21.5 Å². The predicted octanol–water partition coefficient (Wildman–Crippen LogP) is 2.56. The van der Waals surface area contributed by atoms with Crippen LogP contribution in [0.5, 0.6) is 5.75 Å². The van der Waals surface area contributed by atoms with E-state index in [4.69, 9.17) is 16.2 Å².